The molecule has 0 saturated heterocycles. The van der Waals surface area contributed by atoms with Crippen LogP contribution < -0.4 is 16.0 Å². The number of esters is 1. The van der Waals surface area contributed by atoms with Crippen LogP contribution in [0.25, 0.3) is 0 Å². The number of hydrogen-bond donors (Lipinski definition) is 4. The van der Waals surface area contributed by atoms with Crippen molar-refractivity contribution in [2.24, 2.45) is 0 Å². The smallest absolute Gasteiger partial charge is 0.333 e. The van der Waals surface area contributed by atoms with Crippen LogP contribution in [0.15, 0.2) is 12.2 Å². The Balaban J connectivity index is 2.60. The largest absolute Gasteiger partial charge is 0.460 e. The third-order valence-electron chi connectivity index (χ3n) is 3.99. The van der Waals surface area contributed by atoms with Crippen LogP contribution >= 0.6 is 67.8 Å². The number of ether oxygens (including phenoxy) is 3. The van der Waals surface area contributed by atoms with E-state index in [1.807, 2.05) is 0 Å². The summed E-state index contributed by atoms with van der Waals surface area (Å²) >= 11 is 6.20. The Labute approximate surface area is 239 Å². The molecule has 0 heterocycles. The van der Waals surface area contributed by atoms with Crippen LogP contribution in [0.4, 0.5) is 11.4 Å². The summed E-state index contributed by atoms with van der Waals surface area (Å²) in [4.78, 5) is 34.6. The minimum Gasteiger partial charge on any atom is -0.460 e. The highest BCUT2D eigenvalue weighted by Gasteiger charge is 2.25. The standard InChI is InChI=1S/C21H28I3N3O7/c1-11(2)21(31)34-10-9-33-8-7-32-6-5-25-20(30)14-15(22)18(26-12(3)28)17(24)19(16(14)23)27-13(4)29/h20,25,30H,1,5-10H2,2-4H3,(H,26,28)(H,27,29). The number of nitrogens with one attached hydrogen (secondary N) is 3. The lowest BCUT2D eigenvalue weighted by Crippen LogP contribution is -2.28. The van der Waals surface area contributed by atoms with Crippen molar-refractivity contribution in [3.05, 3.63) is 28.4 Å². The zero-order valence-corrected chi connectivity index (χ0v) is 25.5. The van der Waals surface area contributed by atoms with Gasteiger partial charge in [0.2, 0.25) is 11.8 Å². The van der Waals surface area contributed by atoms with Gasteiger partial charge in [0.15, 0.2) is 0 Å². The van der Waals surface area contributed by atoms with Gasteiger partial charge in [-0.2, -0.15) is 0 Å². The maximum atomic E-state index is 11.7. The second-order valence-electron chi connectivity index (χ2n) is 6.97. The van der Waals surface area contributed by atoms with E-state index in [1.54, 1.807) is 6.92 Å². The van der Waals surface area contributed by atoms with Gasteiger partial charge in [-0.3, -0.25) is 14.9 Å². The number of benzene rings is 1. The predicted molar refractivity (Wildman–Crippen MR) is 154 cm³/mol. The number of halogens is 3. The van der Waals surface area contributed by atoms with Gasteiger partial charge in [0, 0.05) is 38.7 Å². The third kappa shape index (κ3) is 10.6. The van der Waals surface area contributed by atoms with Crippen molar-refractivity contribution in [2.45, 2.75) is 27.0 Å². The van der Waals surface area contributed by atoms with Crippen LogP contribution in [0.3, 0.4) is 0 Å². The van der Waals surface area contributed by atoms with Crippen molar-refractivity contribution < 1.29 is 33.7 Å². The van der Waals surface area contributed by atoms with Gasteiger partial charge in [0.05, 0.1) is 41.4 Å². The summed E-state index contributed by atoms with van der Waals surface area (Å²) in [6.07, 6.45) is -1.06. The Morgan fingerprint density at radius 3 is 1.79 bits per heavy atom. The molecule has 0 aliphatic heterocycles. The summed E-state index contributed by atoms with van der Waals surface area (Å²) in [7, 11) is 0. The molecule has 13 heteroatoms. The van der Waals surface area contributed by atoms with Crippen molar-refractivity contribution >= 4 is 96.9 Å². The molecule has 0 spiro atoms. The Bertz CT molecular complexity index is 869. The topological polar surface area (TPSA) is 135 Å². The van der Waals surface area contributed by atoms with Crippen LogP contribution in [0.1, 0.15) is 32.6 Å². The summed E-state index contributed by atoms with van der Waals surface area (Å²) in [5.41, 5.74) is 1.93. The number of carbonyl (C=O) groups is 3. The molecule has 190 valence electrons. The normalized spacial score (nSPS) is 11.6. The van der Waals surface area contributed by atoms with E-state index in [4.69, 9.17) is 14.2 Å². The number of amides is 2. The fraction of sp³-hybridized carbons (Fsp3) is 0.476. The first-order valence-corrected chi connectivity index (χ1v) is 13.4. The fourth-order valence-corrected chi connectivity index (χ4v) is 6.80. The quantitative estimate of drug-likeness (QED) is 0.0741. The van der Waals surface area contributed by atoms with Crippen LogP contribution in [-0.4, -0.2) is 62.5 Å². The van der Waals surface area contributed by atoms with Gasteiger partial charge >= 0.3 is 5.97 Å². The van der Waals surface area contributed by atoms with Gasteiger partial charge in [-0.15, -0.1) is 0 Å². The molecule has 4 N–H and O–H groups in total. The SMILES string of the molecule is C=C(C)C(=O)OCCOCCOCCNC(O)c1c(I)c(NC(C)=O)c(I)c(NC(C)=O)c1I. The molecule has 1 unspecified atom stereocenters. The van der Waals surface area contributed by atoms with E-state index in [2.05, 4.69) is 90.3 Å². The molecule has 2 amide bonds. The summed E-state index contributed by atoms with van der Waals surface area (Å²) in [6, 6.07) is 0. The van der Waals surface area contributed by atoms with E-state index < -0.39 is 12.2 Å². The second kappa shape index (κ2) is 16.2. The van der Waals surface area contributed by atoms with Crippen molar-refractivity contribution in [3.8, 4) is 0 Å². The van der Waals surface area contributed by atoms with Gasteiger partial charge in [-0.05, 0) is 74.7 Å². The third-order valence-corrected chi connectivity index (χ3v) is 7.31. The molecule has 0 bridgehead atoms. The lowest BCUT2D eigenvalue weighted by atomic mass is 10.1. The number of anilines is 2. The maximum absolute atomic E-state index is 11.7. The number of carbonyl (C=O) groups excluding carboxylic acids is 3. The van der Waals surface area contributed by atoms with Gasteiger partial charge in [0.25, 0.3) is 0 Å². The van der Waals surface area contributed by atoms with E-state index in [-0.39, 0.29) is 25.0 Å². The van der Waals surface area contributed by atoms with Crippen LogP contribution in [0.5, 0.6) is 0 Å². The molecule has 34 heavy (non-hydrogen) atoms. The molecule has 1 aromatic carbocycles. The van der Waals surface area contributed by atoms with Crippen molar-refractivity contribution in [1.82, 2.24) is 5.32 Å². The predicted octanol–water partition coefficient (Wildman–Crippen LogP) is 3.15. The molecular formula is C21H28I3N3O7. The van der Waals surface area contributed by atoms with E-state index in [9.17, 15) is 19.5 Å². The van der Waals surface area contributed by atoms with Crippen LogP contribution in [0, 0.1) is 10.7 Å². The molecule has 0 saturated carbocycles. The number of rotatable bonds is 14. The summed E-state index contributed by atoms with van der Waals surface area (Å²) in [5.74, 6) is -0.969. The Hall–Kier alpha value is -0.600. The highest BCUT2D eigenvalue weighted by atomic mass is 127. The first-order valence-electron chi connectivity index (χ1n) is 10.1. The van der Waals surface area contributed by atoms with Gasteiger partial charge in [-0.25, -0.2) is 4.79 Å². The molecule has 10 nitrogen and oxygen atoms in total. The van der Waals surface area contributed by atoms with Crippen LogP contribution in [0.2, 0.25) is 0 Å². The number of hydrogen-bond acceptors (Lipinski definition) is 8. The average Bonchev–Trinajstić information content (AvgIpc) is 2.75. The van der Waals surface area contributed by atoms with E-state index in [0.29, 0.717) is 59.6 Å². The summed E-state index contributed by atoms with van der Waals surface area (Å²) in [5, 5.41) is 19.3. The van der Waals surface area contributed by atoms with Crippen molar-refractivity contribution in [3.63, 3.8) is 0 Å². The summed E-state index contributed by atoms with van der Waals surface area (Å²) < 4.78 is 17.7. The first-order chi connectivity index (χ1) is 16.0. The van der Waals surface area contributed by atoms with E-state index in [1.165, 1.54) is 13.8 Å². The molecule has 1 atom stereocenters. The molecule has 0 radical (unpaired) electrons. The molecule has 1 rings (SSSR count). The number of aliphatic hydroxyl groups excluding tert-OH is 1. The lowest BCUT2D eigenvalue weighted by Gasteiger charge is -2.23. The first kappa shape index (κ1) is 31.4. The maximum Gasteiger partial charge on any atom is 0.333 e. The van der Waals surface area contributed by atoms with E-state index in [0.717, 1.165) is 0 Å². The second-order valence-corrected chi connectivity index (χ2v) is 10.2. The monoisotopic (exact) mass is 815 g/mol. The molecule has 1 aromatic rings. The average molecular weight is 815 g/mol. The minimum atomic E-state index is -1.06. The van der Waals surface area contributed by atoms with E-state index >= 15 is 0 Å². The summed E-state index contributed by atoms with van der Waals surface area (Å²) in [6.45, 7) is 9.60. The van der Waals surface area contributed by atoms with Gasteiger partial charge in [0.1, 0.15) is 12.8 Å². The Morgan fingerprint density at radius 2 is 1.32 bits per heavy atom. The Kier molecular flexibility index (Phi) is 15.0. The molecule has 0 aliphatic rings. The van der Waals surface area contributed by atoms with Gasteiger partial charge in [-0.1, -0.05) is 6.58 Å². The van der Waals surface area contributed by atoms with Crippen molar-refractivity contribution in [2.75, 3.05) is 50.2 Å². The zero-order chi connectivity index (χ0) is 25.8. The van der Waals surface area contributed by atoms with Gasteiger partial charge < -0.3 is 30.0 Å². The van der Waals surface area contributed by atoms with Crippen LogP contribution in [-0.2, 0) is 28.6 Å². The highest BCUT2D eigenvalue weighted by Crippen LogP contribution is 2.40. The minimum absolute atomic E-state index is 0.146. The Morgan fingerprint density at radius 1 is 0.853 bits per heavy atom. The molecule has 0 fully saturated rings. The fourth-order valence-electron chi connectivity index (χ4n) is 2.50. The molecule has 0 aliphatic carbocycles. The van der Waals surface area contributed by atoms with Crippen molar-refractivity contribution in [1.29, 1.82) is 0 Å². The number of aliphatic hydroxyl groups is 1. The zero-order valence-electron chi connectivity index (χ0n) is 19.1. The molecule has 0 aromatic heterocycles. The molecular weight excluding hydrogens is 787 g/mol. The highest BCUT2D eigenvalue weighted by molar-refractivity contribution is 14.1. The lowest BCUT2D eigenvalue weighted by molar-refractivity contribution is -0.140.